The highest BCUT2D eigenvalue weighted by molar-refractivity contribution is 7.20. The second-order valence-corrected chi connectivity index (χ2v) is 13.1. The van der Waals surface area contributed by atoms with Crippen LogP contribution < -0.4 is 20.7 Å². The Labute approximate surface area is 220 Å². The lowest BCUT2D eigenvalue weighted by atomic mass is 10.00. The van der Waals surface area contributed by atoms with Gasteiger partial charge in [0.05, 0.1) is 0 Å². The maximum Gasteiger partial charge on any atom is 0.180 e. The Morgan fingerprint density at radius 1 is 0.297 bits per heavy atom. The lowest BCUT2D eigenvalue weighted by Crippen LogP contribution is -2.75. The molecule has 0 aromatic heterocycles. The first-order chi connectivity index (χ1) is 18.4. The van der Waals surface area contributed by atoms with Crippen molar-refractivity contribution in [2.45, 2.75) is 0 Å². The van der Waals surface area contributed by atoms with Gasteiger partial charge < -0.3 is 0 Å². The highest BCUT2D eigenvalue weighted by atomic mass is 28.3. The van der Waals surface area contributed by atoms with Crippen molar-refractivity contribution in [2.24, 2.45) is 0 Å². The topological polar surface area (TPSA) is 0 Å². The van der Waals surface area contributed by atoms with Crippen molar-refractivity contribution in [3.05, 3.63) is 170 Å². The summed E-state index contributed by atoms with van der Waals surface area (Å²) in [6.45, 7) is 0. The Bertz CT molecular complexity index is 1480. The van der Waals surface area contributed by atoms with Crippen molar-refractivity contribution in [3.8, 4) is 22.3 Å². The quantitative estimate of drug-likeness (QED) is 0.188. The van der Waals surface area contributed by atoms with Gasteiger partial charge in [0.15, 0.2) is 8.07 Å². The minimum Gasteiger partial charge on any atom is -0.0623 e. The van der Waals surface area contributed by atoms with Crippen molar-refractivity contribution in [2.75, 3.05) is 0 Å². The van der Waals surface area contributed by atoms with Crippen molar-refractivity contribution in [3.63, 3.8) is 0 Å². The van der Waals surface area contributed by atoms with Crippen LogP contribution in [-0.4, -0.2) is 8.07 Å². The molecule has 1 heteroatoms. The van der Waals surface area contributed by atoms with Gasteiger partial charge >= 0.3 is 0 Å². The molecule has 6 aromatic rings. The van der Waals surface area contributed by atoms with E-state index in [0.717, 1.165) is 0 Å². The standard InChI is InChI=1S/C36H28Si/c1-6-16-29(17-7-1)31-26-27-35(30-18-8-2-9-19-30)36(28-31)37(32-20-10-3-11-21-32,33-22-12-4-13-23-33)34-24-14-5-15-25-34/h1-28H. The van der Waals surface area contributed by atoms with Gasteiger partial charge in [-0.1, -0.05) is 170 Å². The number of benzene rings is 6. The van der Waals surface area contributed by atoms with Gasteiger partial charge in [0.25, 0.3) is 0 Å². The van der Waals surface area contributed by atoms with E-state index in [0.29, 0.717) is 0 Å². The Hall–Kier alpha value is -4.46. The zero-order valence-electron chi connectivity index (χ0n) is 20.7. The third-order valence-corrected chi connectivity index (χ3v) is 12.1. The summed E-state index contributed by atoms with van der Waals surface area (Å²) in [4.78, 5) is 0. The van der Waals surface area contributed by atoms with Crippen LogP contribution in [0.4, 0.5) is 0 Å². The molecule has 0 bridgehead atoms. The number of hydrogen-bond donors (Lipinski definition) is 0. The lowest BCUT2D eigenvalue weighted by molar-refractivity contribution is 1.60. The molecule has 6 aromatic carbocycles. The molecule has 0 saturated carbocycles. The monoisotopic (exact) mass is 488 g/mol. The minimum atomic E-state index is -2.69. The van der Waals surface area contributed by atoms with E-state index in [2.05, 4.69) is 170 Å². The minimum absolute atomic E-state index is 1.24. The maximum absolute atomic E-state index is 2.69. The summed E-state index contributed by atoms with van der Waals surface area (Å²) in [5.41, 5.74) is 5.02. The van der Waals surface area contributed by atoms with Crippen LogP contribution in [-0.2, 0) is 0 Å². The third-order valence-electron chi connectivity index (χ3n) is 7.24. The predicted molar refractivity (Wildman–Crippen MR) is 161 cm³/mol. The molecule has 0 heterocycles. The summed E-state index contributed by atoms with van der Waals surface area (Å²) < 4.78 is 0. The summed E-state index contributed by atoms with van der Waals surface area (Å²) in [6.07, 6.45) is 0. The van der Waals surface area contributed by atoms with E-state index in [1.807, 2.05) is 0 Å². The Balaban J connectivity index is 1.78. The number of hydrogen-bond acceptors (Lipinski definition) is 0. The molecule has 0 aliphatic rings. The molecular formula is C36H28Si. The van der Waals surface area contributed by atoms with Crippen LogP contribution >= 0.6 is 0 Å². The molecule has 0 fully saturated rings. The third kappa shape index (κ3) is 4.24. The van der Waals surface area contributed by atoms with E-state index in [1.54, 1.807) is 0 Å². The van der Waals surface area contributed by atoms with Crippen molar-refractivity contribution < 1.29 is 0 Å². The normalized spacial score (nSPS) is 11.2. The second-order valence-electron chi connectivity index (χ2n) is 9.34. The molecule has 0 nitrogen and oxygen atoms in total. The number of rotatable bonds is 6. The molecule has 0 aliphatic heterocycles. The molecule has 0 radical (unpaired) electrons. The molecule has 37 heavy (non-hydrogen) atoms. The summed E-state index contributed by atoms with van der Waals surface area (Å²) in [6, 6.07) is 62.1. The zero-order chi connectivity index (χ0) is 24.9. The van der Waals surface area contributed by atoms with Crippen LogP contribution in [0, 0.1) is 0 Å². The van der Waals surface area contributed by atoms with Crippen LogP contribution in [0.1, 0.15) is 0 Å². The summed E-state index contributed by atoms with van der Waals surface area (Å²) in [7, 11) is -2.69. The first-order valence-corrected chi connectivity index (χ1v) is 14.8. The fourth-order valence-corrected chi connectivity index (χ4v) is 10.6. The molecule has 0 N–H and O–H groups in total. The molecule has 0 saturated heterocycles. The van der Waals surface area contributed by atoms with E-state index >= 15 is 0 Å². The molecule has 0 unspecified atom stereocenters. The average molecular weight is 489 g/mol. The Kier molecular flexibility index (Phi) is 6.37. The van der Waals surface area contributed by atoms with Crippen molar-refractivity contribution >= 4 is 28.8 Å². The van der Waals surface area contributed by atoms with Crippen LogP contribution in [0.15, 0.2) is 170 Å². The first kappa shape index (κ1) is 23.0. The zero-order valence-corrected chi connectivity index (χ0v) is 21.7. The van der Waals surface area contributed by atoms with Gasteiger partial charge in [-0.3, -0.25) is 0 Å². The molecule has 0 aliphatic carbocycles. The van der Waals surface area contributed by atoms with Gasteiger partial charge in [-0.15, -0.1) is 0 Å². The molecule has 176 valence electrons. The van der Waals surface area contributed by atoms with Gasteiger partial charge in [-0.25, -0.2) is 0 Å². The van der Waals surface area contributed by atoms with Gasteiger partial charge in [0.1, 0.15) is 0 Å². The van der Waals surface area contributed by atoms with Gasteiger partial charge in [0, 0.05) is 0 Å². The van der Waals surface area contributed by atoms with Gasteiger partial charge in [0.2, 0.25) is 0 Å². The summed E-state index contributed by atoms with van der Waals surface area (Å²) >= 11 is 0. The van der Waals surface area contributed by atoms with E-state index in [1.165, 1.54) is 43.0 Å². The molecule has 6 rings (SSSR count). The van der Waals surface area contributed by atoms with Gasteiger partial charge in [-0.2, -0.15) is 0 Å². The van der Waals surface area contributed by atoms with Crippen LogP contribution in [0.2, 0.25) is 0 Å². The molecule has 0 amide bonds. The summed E-state index contributed by atoms with van der Waals surface area (Å²) in [5, 5.41) is 5.56. The predicted octanol–water partition coefficient (Wildman–Crippen LogP) is 6.40. The average Bonchev–Trinajstić information content (AvgIpc) is 3.00. The maximum atomic E-state index is 2.47. The van der Waals surface area contributed by atoms with E-state index in [4.69, 9.17) is 0 Å². The van der Waals surface area contributed by atoms with Crippen LogP contribution in [0.5, 0.6) is 0 Å². The molecule has 0 spiro atoms. The molecule has 0 atom stereocenters. The highest BCUT2D eigenvalue weighted by Crippen LogP contribution is 2.26. The Morgan fingerprint density at radius 3 is 1.11 bits per heavy atom. The van der Waals surface area contributed by atoms with Gasteiger partial charge in [-0.05, 0) is 43.0 Å². The van der Waals surface area contributed by atoms with Crippen LogP contribution in [0.25, 0.3) is 22.3 Å². The SMILES string of the molecule is c1ccc(-c2ccc(-c3ccccc3)c([Si](c3ccccc3)(c3ccccc3)c3ccccc3)c2)cc1. The first-order valence-electron chi connectivity index (χ1n) is 12.8. The van der Waals surface area contributed by atoms with Crippen LogP contribution in [0.3, 0.4) is 0 Å². The largest absolute Gasteiger partial charge is 0.180 e. The van der Waals surface area contributed by atoms with Crippen molar-refractivity contribution in [1.82, 2.24) is 0 Å². The fraction of sp³-hybridized carbons (Fsp3) is 0. The smallest absolute Gasteiger partial charge is 0.0623 e. The van der Waals surface area contributed by atoms with E-state index in [9.17, 15) is 0 Å². The molecular weight excluding hydrogens is 460 g/mol. The lowest BCUT2D eigenvalue weighted by Gasteiger charge is -2.36. The van der Waals surface area contributed by atoms with E-state index < -0.39 is 8.07 Å². The summed E-state index contributed by atoms with van der Waals surface area (Å²) in [5.74, 6) is 0. The van der Waals surface area contributed by atoms with E-state index in [-0.39, 0.29) is 0 Å². The second kappa shape index (κ2) is 10.3. The van der Waals surface area contributed by atoms with Crippen molar-refractivity contribution in [1.29, 1.82) is 0 Å². The fourth-order valence-electron chi connectivity index (χ4n) is 5.57. The highest BCUT2D eigenvalue weighted by Gasteiger charge is 2.43. The Morgan fingerprint density at radius 2 is 0.676 bits per heavy atom.